The van der Waals surface area contributed by atoms with Crippen LogP contribution in [0, 0.1) is 0 Å². The van der Waals surface area contributed by atoms with E-state index in [1.54, 1.807) is 11.1 Å². The van der Waals surface area contributed by atoms with Crippen molar-refractivity contribution < 1.29 is 18.3 Å². The van der Waals surface area contributed by atoms with E-state index in [9.17, 15) is 18.3 Å². The Morgan fingerprint density at radius 1 is 1.11 bits per heavy atom. The summed E-state index contributed by atoms with van der Waals surface area (Å²) in [6.07, 6.45) is 11.0. The van der Waals surface area contributed by atoms with Crippen LogP contribution < -0.4 is 5.73 Å². The Morgan fingerprint density at radius 3 is 2.39 bits per heavy atom. The zero-order valence-corrected chi connectivity index (χ0v) is 21.0. The van der Waals surface area contributed by atoms with Gasteiger partial charge in [-0.3, -0.25) is 9.78 Å². The Labute approximate surface area is 209 Å². The number of pyridine rings is 1. The number of anilines is 1. The molecule has 1 saturated carbocycles. The number of aliphatic hydroxyl groups is 1. The molecule has 0 spiro atoms. The molecule has 3 N–H and O–H groups in total. The number of nitrogens with zero attached hydrogens (tertiary/aromatic N) is 5. The molecule has 5 heterocycles. The van der Waals surface area contributed by atoms with E-state index in [4.69, 9.17) is 10.7 Å². The summed E-state index contributed by atoms with van der Waals surface area (Å²) in [4.78, 5) is 23.7. The Bertz CT molecular complexity index is 1430. The number of piperidine rings is 1. The van der Waals surface area contributed by atoms with E-state index in [-0.39, 0.29) is 34.6 Å². The molecule has 6 rings (SSSR count). The molecule has 3 aliphatic rings. The van der Waals surface area contributed by atoms with Crippen LogP contribution in [-0.4, -0.2) is 68.9 Å². The number of carbonyl (C=O) groups is 1. The molecule has 3 atom stereocenters. The summed E-state index contributed by atoms with van der Waals surface area (Å²) in [7, 11) is -3.70. The van der Waals surface area contributed by atoms with Crippen LogP contribution in [0.4, 0.5) is 5.82 Å². The van der Waals surface area contributed by atoms with Crippen molar-refractivity contribution >= 4 is 27.2 Å². The lowest BCUT2D eigenvalue weighted by molar-refractivity contribution is -0.138. The lowest BCUT2D eigenvalue weighted by Crippen LogP contribution is -2.47. The predicted molar refractivity (Wildman–Crippen MR) is 133 cm³/mol. The quantitative estimate of drug-likeness (QED) is 0.532. The van der Waals surface area contributed by atoms with Gasteiger partial charge < -0.3 is 15.7 Å². The number of amides is 1. The van der Waals surface area contributed by atoms with E-state index in [2.05, 4.69) is 10.1 Å². The Kier molecular flexibility index (Phi) is 5.52. The third-order valence-corrected chi connectivity index (χ3v) is 9.36. The zero-order valence-electron chi connectivity index (χ0n) is 20.2. The van der Waals surface area contributed by atoms with Crippen LogP contribution in [0.5, 0.6) is 0 Å². The van der Waals surface area contributed by atoms with E-state index >= 15 is 0 Å². The van der Waals surface area contributed by atoms with Crippen molar-refractivity contribution in [3.05, 3.63) is 35.9 Å². The summed E-state index contributed by atoms with van der Waals surface area (Å²) in [6, 6.07) is 3.96. The average Bonchev–Trinajstić information content (AvgIpc) is 3.35. The van der Waals surface area contributed by atoms with Gasteiger partial charge in [0, 0.05) is 53.2 Å². The highest BCUT2D eigenvalue weighted by Crippen LogP contribution is 2.45. The minimum Gasteiger partial charge on any atom is -0.387 e. The van der Waals surface area contributed by atoms with Crippen LogP contribution in [0.25, 0.3) is 16.8 Å². The minimum absolute atomic E-state index is 0.00874. The summed E-state index contributed by atoms with van der Waals surface area (Å²) in [6.45, 7) is -0.518. The van der Waals surface area contributed by atoms with Crippen molar-refractivity contribution in [3.8, 4) is 11.1 Å². The summed E-state index contributed by atoms with van der Waals surface area (Å²) >= 11 is 0. The van der Waals surface area contributed by atoms with Gasteiger partial charge in [-0.2, -0.15) is 9.61 Å². The Hall–Kier alpha value is -3.05. The van der Waals surface area contributed by atoms with Gasteiger partial charge in [0.25, 0.3) is 0 Å². The molecule has 0 radical (unpaired) electrons. The summed E-state index contributed by atoms with van der Waals surface area (Å²) in [5.74, 6) is 0.121. The van der Waals surface area contributed by atoms with E-state index < -0.39 is 16.4 Å². The van der Waals surface area contributed by atoms with Gasteiger partial charge in [-0.05, 0) is 44.6 Å². The lowest BCUT2D eigenvalue weighted by Gasteiger charge is -2.39. The topological polar surface area (TPSA) is 144 Å². The maximum absolute atomic E-state index is 12.9. The van der Waals surface area contributed by atoms with Crippen molar-refractivity contribution in [2.75, 3.05) is 18.6 Å². The molecule has 1 amide bonds. The van der Waals surface area contributed by atoms with Crippen molar-refractivity contribution in [2.45, 2.75) is 73.8 Å². The van der Waals surface area contributed by atoms with Gasteiger partial charge in [0.05, 0.1) is 11.9 Å². The number of hydrogen-bond acceptors (Lipinski definition) is 8. The maximum atomic E-state index is 12.9. The second-order valence-electron chi connectivity index (χ2n) is 10.4. The van der Waals surface area contributed by atoms with E-state index in [1.807, 2.05) is 18.3 Å². The number of sulfone groups is 1. The Balaban J connectivity index is 1.44. The molecule has 2 saturated heterocycles. The number of fused-ring (bicyclic) bond motifs is 3. The molecule has 190 valence electrons. The first-order valence-corrected chi connectivity index (χ1v) is 14.4. The SMILES string of the molecule is CS(=O)(=O)c1c([C@@H]2C[C@H]3CC[C@@H](C2)N3C(=O)CO)nc2c(-c3ccc(C4CCC4)nc3)cnn2c1N. The highest BCUT2D eigenvalue weighted by atomic mass is 32.2. The number of nitrogen functional groups attached to an aromatic ring is 1. The second-order valence-corrected chi connectivity index (χ2v) is 12.3. The molecule has 10 nitrogen and oxygen atoms in total. The molecular weight excluding hydrogens is 480 g/mol. The van der Waals surface area contributed by atoms with Crippen LogP contribution in [0.1, 0.15) is 68.2 Å². The monoisotopic (exact) mass is 510 g/mol. The molecular formula is C25H30N6O4S. The van der Waals surface area contributed by atoms with Crippen molar-refractivity contribution in [1.82, 2.24) is 24.5 Å². The number of aromatic nitrogens is 4. The van der Waals surface area contributed by atoms with Gasteiger partial charge in [0.2, 0.25) is 5.91 Å². The van der Waals surface area contributed by atoms with Crippen molar-refractivity contribution in [2.24, 2.45) is 0 Å². The third-order valence-electron chi connectivity index (χ3n) is 8.20. The molecule has 11 heteroatoms. The van der Waals surface area contributed by atoms with E-state index in [0.717, 1.165) is 35.9 Å². The molecule has 3 fully saturated rings. The normalized spacial score (nSPS) is 24.3. The van der Waals surface area contributed by atoms with Crippen molar-refractivity contribution in [1.29, 1.82) is 0 Å². The Morgan fingerprint density at radius 2 is 1.83 bits per heavy atom. The van der Waals surface area contributed by atoms with E-state index in [0.29, 0.717) is 30.1 Å². The molecule has 0 aromatic carbocycles. The third kappa shape index (κ3) is 3.67. The molecule has 2 bridgehead atoms. The number of hydrogen-bond donors (Lipinski definition) is 2. The smallest absolute Gasteiger partial charge is 0.248 e. The fraction of sp³-hybridized carbons (Fsp3) is 0.520. The predicted octanol–water partition coefficient (Wildman–Crippen LogP) is 2.27. The fourth-order valence-corrected chi connectivity index (χ4v) is 7.34. The molecule has 2 aliphatic heterocycles. The standard InChI is InChI=1S/C25H30N6O4S/c1-36(34,35)23-22(16-9-17-6-7-18(10-16)30(17)21(33)13-32)29-25-19(12-28-31(25)24(23)26)15-5-8-20(27-11-15)14-3-2-4-14/h5,8,11-12,14,16-18,32H,2-4,6-7,9-10,13,26H2,1H3/t16-,17-,18+. The maximum Gasteiger partial charge on any atom is 0.248 e. The minimum atomic E-state index is -3.70. The highest BCUT2D eigenvalue weighted by Gasteiger charge is 2.45. The van der Waals surface area contributed by atoms with Gasteiger partial charge in [-0.1, -0.05) is 12.5 Å². The van der Waals surface area contributed by atoms with Gasteiger partial charge in [-0.25, -0.2) is 13.4 Å². The number of rotatable bonds is 5. The number of carbonyl (C=O) groups excluding carboxylic acids is 1. The van der Waals surface area contributed by atoms with Crippen LogP contribution in [0.2, 0.25) is 0 Å². The molecule has 1 aliphatic carbocycles. The van der Waals surface area contributed by atoms with Crippen LogP contribution in [-0.2, 0) is 14.6 Å². The first-order chi connectivity index (χ1) is 17.3. The summed E-state index contributed by atoms with van der Waals surface area (Å²) in [5.41, 5.74) is 10.1. The second kappa shape index (κ2) is 8.52. The first kappa shape index (κ1) is 23.4. The van der Waals surface area contributed by atoms with Gasteiger partial charge >= 0.3 is 0 Å². The average molecular weight is 511 g/mol. The van der Waals surface area contributed by atoms with Crippen LogP contribution in [0.3, 0.4) is 0 Å². The number of nitrogens with two attached hydrogens (primary N) is 1. The lowest BCUT2D eigenvalue weighted by atomic mass is 9.82. The first-order valence-electron chi connectivity index (χ1n) is 12.5. The van der Waals surface area contributed by atoms with Crippen molar-refractivity contribution in [3.63, 3.8) is 0 Å². The fourth-order valence-electron chi connectivity index (χ4n) is 6.28. The highest BCUT2D eigenvalue weighted by molar-refractivity contribution is 7.91. The van der Waals surface area contributed by atoms with Crippen LogP contribution in [0.15, 0.2) is 29.4 Å². The number of aliphatic hydroxyl groups excluding tert-OH is 1. The largest absolute Gasteiger partial charge is 0.387 e. The molecule has 3 aromatic rings. The molecule has 0 unspecified atom stereocenters. The summed E-state index contributed by atoms with van der Waals surface area (Å²) in [5, 5.41) is 13.8. The molecule has 36 heavy (non-hydrogen) atoms. The zero-order chi connectivity index (χ0) is 25.2. The molecule has 3 aromatic heterocycles. The van der Waals surface area contributed by atoms with Crippen LogP contribution >= 0.6 is 0 Å². The van der Waals surface area contributed by atoms with Gasteiger partial charge in [-0.15, -0.1) is 0 Å². The van der Waals surface area contributed by atoms with Gasteiger partial charge in [0.1, 0.15) is 17.3 Å². The van der Waals surface area contributed by atoms with Gasteiger partial charge in [0.15, 0.2) is 15.5 Å². The van der Waals surface area contributed by atoms with E-state index in [1.165, 1.54) is 23.8 Å². The summed E-state index contributed by atoms with van der Waals surface area (Å²) < 4.78 is 27.2.